The van der Waals surface area contributed by atoms with Crippen LogP contribution in [-0.4, -0.2) is 20.0 Å². The van der Waals surface area contributed by atoms with Crippen molar-refractivity contribution in [2.75, 3.05) is 11.3 Å². The summed E-state index contributed by atoms with van der Waals surface area (Å²) in [5.41, 5.74) is 2.80. The van der Waals surface area contributed by atoms with Gasteiger partial charge in [-0.05, 0) is 68.7 Å². The number of hydrogen-bond donors (Lipinski definition) is 1. The molecule has 0 aliphatic carbocycles. The van der Waals surface area contributed by atoms with Gasteiger partial charge in [-0.2, -0.15) is 0 Å². The number of anilines is 1. The average Bonchev–Trinajstić information content (AvgIpc) is 2.42. The van der Waals surface area contributed by atoms with Crippen molar-refractivity contribution in [3.8, 4) is 5.75 Å². The molecule has 0 aliphatic heterocycles. The number of aryl methyl sites for hydroxylation is 3. The maximum Gasteiger partial charge on any atom is 0.266 e. The minimum absolute atomic E-state index is 0.126. The van der Waals surface area contributed by atoms with Crippen LogP contribution in [0.25, 0.3) is 0 Å². The van der Waals surface area contributed by atoms with Crippen LogP contribution in [0.15, 0.2) is 35.4 Å². The molecule has 0 atom stereocenters. The van der Waals surface area contributed by atoms with Crippen LogP contribution < -0.4 is 9.46 Å². The van der Waals surface area contributed by atoms with Crippen molar-refractivity contribution in [3.63, 3.8) is 0 Å². The summed E-state index contributed by atoms with van der Waals surface area (Å²) in [6, 6.07) is 6.86. The Bertz CT molecular complexity index is 786. The number of ether oxygens (including phenoxy) is 1. The summed E-state index contributed by atoms with van der Waals surface area (Å²) in [7, 11) is -3.76. The molecule has 2 rings (SSSR count). The maximum atomic E-state index is 12.6. The van der Waals surface area contributed by atoms with E-state index < -0.39 is 10.0 Å². The van der Waals surface area contributed by atoms with Gasteiger partial charge in [-0.25, -0.2) is 13.4 Å². The molecule has 0 spiro atoms. The van der Waals surface area contributed by atoms with E-state index in [-0.39, 0.29) is 4.90 Å². The molecule has 0 aliphatic rings. The Morgan fingerprint density at radius 3 is 2.45 bits per heavy atom. The molecule has 1 heterocycles. The van der Waals surface area contributed by atoms with Crippen molar-refractivity contribution in [1.82, 2.24) is 4.98 Å². The monoisotopic (exact) mass is 320 g/mol. The Morgan fingerprint density at radius 2 is 1.82 bits per heavy atom. The van der Waals surface area contributed by atoms with E-state index in [1.165, 1.54) is 0 Å². The molecule has 6 heteroatoms. The molecule has 2 aromatic rings. The third-order valence-electron chi connectivity index (χ3n) is 3.30. The minimum atomic E-state index is -3.76. The van der Waals surface area contributed by atoms with Gasteiger partial charge in [0, 0.05) is 6.20 Å². The van der Waals surface area contributed by atoms with Crippen LogP contribution in [-0.2, 0) is 10.0 Å². The van der Waals surface area contributed by atoms with Crippen LogP contribution in [0.1, 0.15) is 23.6 Å². The van der Waals surface area contributed by atoms with E-state index in [1.807, 2.05) is 27.7 Å². The Hall–Kier alpha value is -2.08. The first-order valence-corrected chi connectivity index (χ1v) is 8.51. The molecular formula is C16H20N2O3S. The summed E-state index contributed by atoms with van der Waals surface area (Å²) < 4.78 is 33.3. The first-order chi connectivity index (χ1) is 10.3. The molecule has 0 bridgehead atoms. The molecule has 118 valence electrons. The SMILES string of the molecule is CCOc1cc(C)c(C)cc1S(=O)(=O)Nc1cc(C)ccn1. The number of nitrogens with zero attached hydrogens (tertiary/aromatic N) is 1. The van der Waals surface area contributed by atoms with Gasteiger partial charge in [0.2, 0.25) is 0 Å². The lowest BCUT2D eigenvalue weighted by atomic mass is 10.1. The molecule has 22 heavy (non-hydrogen) atoms. The zero-order valence-electron chi connectivity index (χ0n) is 13.2. The average molecular weight is 320 g/mol. The van der Waals surface area contributed by atoms with Gasteiger partial charge in [-0.3, -0.25) is 4.72 Å². The fourth-order valence-electron chi connectivity index (χ4n) is 2.03. The standard InChI is InChI=1S/C16H20N2O3S/c1-5-21-14-9-12(3)13(4)10-15(14)22(19,20)18-16-8-11(2)6-7-17-16/h6-10H,5H2,1-4H3,(H,17,18). The number of pyridine rings is 1. The van der Waals surface area contributed by atoms with E-state index in [1.54, 1.807) is 30.5 Å². The van der Waals surface area contributed by atoms with Crippen molar-refractivity contribution < 1.29 is 13.2 Å². The van der Waals surface area contributed by atoms with Gasteiger partial charge in [0.05, 0.1) is 6.61 Å². The van der Waals surface area contributed by atoms with Gasteiger partial charge in [0.25, 0.3) is 10.0 Å². The molecule has 1 aromatic carbocycles. The number of nitrogens with one attached hydrogen (secondary N) is 1. The topological polar surface area (TPSA) is 68.3 Å². The maximum absolute atomic E-state index is 12.6. The van der Waals surface area contributed by atoms with Gasteiger partial charge < -0.3 is 4.74 Å². The normalized spacial score (nSPS) is 11.3. The predicted molar refractivity (Wildman–Crippen MR) is 86.9 cm³/mol. The van der Waals surface area contributed by atoms with Gasteiger partial charge in [-0.1, -0.05) is 0 Å². The molecule has 0 radical (unpaired) electrons. The first kappa shape index (κ1) is 16.3. The third kappa shape index (κ3) is 3.57. The molecule has 0 fully saturated rings. The fourth-order valence-corrected chi connectivity index (χ4v) is 3.24. The summed E-state index contributed by atoms with van der Waals surface area (Å²) in [4.78, 5) is 4.16. The second-order valence-corrected chi connectivity index (χ2v) is 6.79. The zero-order valence-corrected chi connectivity index (χ0v) is 14.0. The van der Waals surface area contributed by atoms with E-state index in [0.29, 0.717) is 18.2 Å². The highest BCUT2D eigenvalue weighted by molar-refractivity contribution is 7.92. The smallest absolute Gasteiger partial charge is 0.266 e. The Balaban J connectivity index is 2.46. The third-order valence-corrected chi connectivity index (χ3v) is 4.68. The molecule has 0 amide bonds. The van der Waals surface area contributed by atoms with Crippen LogP contribution in [0.5, 0.6) is 5.75 Å². The molecule has 1 N–H and O–H groups in total. The lowest BCUT2D eigenvalue weighted by Gasteiger charge is -2.14. The van der Waals surface area contributed by atoms with E-state index >= 15 is 0 Å². The highest BCUT2D eigenvalue weighted by atomic mass is 32.2. The Morgan fingerprint density at radius 1 is 1.14 bits per heavy atom. The van der Waals surface area contributed by atoms with Crippen LogP contribution in [0.3, 0.4) is 0 Å². The second kappa shape index (κ2) is 6.36. The molecule has 1 aromatic heterocycles. The van der Waals surface area contributed by atoms with Crippen LogP contribution >= 0.6 is 0 Å². The molecular weight excluding hydrogens is 300 g/mol. The van der Waals surface area contributed by atoms with Crippen molar-refractivity contribution in [2.45, 2.75) is 32.6 Å². The van der Waals surface area contributed by atoms with Crippen molar-refractivity contribution in [2.24, 2.45) is 0 Å². The molecule has 0 saturated carbocycles. The van der Waals surface area contributed by atoms with Crippen molar-refractivity contribution in [3.05, 3.63) is 47.2 Å². The first-order valence-electron chi connectivity index (χ1n) is 7.03. The van der Waals surface area contributed by atoms with Crippen molar-refractivity contribution >= 4 is 15.8 Å². The molecule has 5 nitrogen and oxygen atoms in total. The fraction of sp³-hybridized carbons (Fsp3) is 0.312. The van der Waals surface area contributed by atoms with Gasteiger partial charge in [0.15, 0.2) is 0 Å². The number of aromatic nitrogens is 1. The van der Waals surface area contributed by atoms with E-state index in [4.69, 9.17) is 4.74 Å². The van der Waals surface area contributed by atoms with Crippen LogP contribution in [0.2, 0.25) is 0 Å². The van der Waals surface area contributed by atoms with Gasteiger partial charge in [0.1, 0.15) is 16.5 Å². The highest BCUT2D eigenvalue weighted by Crippen LogP contribution is 2.29. The predicted octanol–water partition coefficient (Wildman–Crippen LogP) is 3.21. The van der Waals surface area contributed by atoms with Crippen LogP contribution in [0.4, 0.5) is 5.82 Å². The minimum Gasteiger partial charge on any atom is -0.492 e. The second-order valence-electron chi connectivity index (χ2n) is 5.14. The highest BCUT2D eigenvalue weighted by Gasteiger charge is 2.21. The number of rotatable bonds is 5. The number of hydrogen-bond acceptors (Lipinski definition) is 4. The Kier molecular flexibility index (Phi) is 4.71. The molecule has 0 unspecified atom stereocenters. The van der Waals surface area contributed by atoms with Gasteiger partial charge in [-0.15, -0.1) is 0 Å². The quantitative estimate of drug-likeness (QED) is 0.918. The van der Waals surface area contributed by atoms with Crippen molar-refractivity contribution in [1.29, 1.82) is 0 Å². The summed E-state index contributed by atoms with van der Waals surface area (Å²) in [6.45, 7) is 7.88. The Labute approximate surface area is 131 Å². The molecule has 0 saturated heterocycles. The lowest BCUT2D eigenvalue weighted by molar-refractivity contribution is 0.331. The summed E-state index contributed by atoms with van der Waals surface area (Å²) in [5, 5.41) is 0. The summed E-state index contributed by atoms with van der Waals surface area (Å²) in [6.07, 6.45) is 1.57. The van der Waals surface area contributed by atoms with Crippen LogP contribution in [0, 0.1) is 20.8 Å². The lowest BCUT2D eigenvalue weighted by Crippen LogP contribution is -2.16. The largest absolute Gasteiger partial charge is 0.492 e. The van der Waals surface area contributed by atoms with Gasteiger partial charge >= 0.3 is 0 Å². The summed E-state index contributed by atoms with van der Waals surface area (Å²) >= 11 is 0. The number of benzene rings is 1. The number of sulfonamides is 1. The van der Waals surface area contributed by atoms with E-state index in [2.05, 4.69) is 9.71 Å². The summed E-state index contributed by atoms with van der Waals surface area (Å²) in [5.74, 6) is 0.645. The van der Waals surface area contributed by atoms with E-state index in [9.17, 15) is 8.42 Å². The van der Waals surface area contributed by atoms with E-state index in [0.717, 1.165) is 16.7 Å². The zero-order chi connectivity index (χ0) is 16.3.